The molecule has 2 nitrogen and oxygen atoms in total. The minimum absolute atomic E-state index is 0.768. The third-order valence-corrected chi connectivity index (χ3v) is 3.25. The molecule has 2 fully saturated rings. The molecule has 64 valence electrons. The predicted molar refractivity (Wildman–Crippen MR) is 46.7 cm³/mol. The molecule has 1 unspecified atom stereocenters. The molecule has 0 saturated carbocycles. The number of hydrogen-bond acceptors (Lipinski definition) is 2. The Labute approximate surface area is 69.2 Å². The molecule has 2 heterocycles. The van der Waals surface area contributed by atoms with Crippen LogP contribution < -0.4 is 0 Å². The lowest BCUT2D eigenvalue weighted by Gasteiger charge is -2.40. The molecule has 2 heteroatoms. The van der Waals surface area contributed by atoms with Gasteiger partial charge in [0, 0.05) is 25.2 Å². The third kappa shape index (κ3) is 1.30. The molecule has 11 heavy (non-hydrogen) atoms. The van der Waals surface area contributed by atoms with Gasteiger partial charge < -0.3 is 4.90 Å². The van der Waals surface area contributed by atoms with Gasteiger partial charge in [-0.05, 0) is 33.4 Å². The fourth-order valence-corrected chi connectivity index (χ4v) is 2.33. The molecule has 0 aliphatic carbocycles. The smallest absolute Gasteiger partial charge is 0.0224 e. The van der Waals surface area contributed by atoms with E-state index in [0.717, 1.165) is 12.1 Å². The van der Waals surface area contributed by atoms with E-state index in [1.807, 2.05) is 0 Å². The number of likely N-dealkylation sites (N-methyl/N-ethyl adjacent to an activating group) is 1. The van der Waals surface area contributed by atoms with Crippen molar-refractivity contribution in [2.45, 2.75) is 31.8 Å². The van der Waals surface area contributed by atoms with E-state index in [1.165, 1.54) is 32.5 Å². The summed E-state index contributed by atoms with van der Waals surface area (Å²) >= 11 is 0. The molecular formula is C9H18N2. The highest BCUT2D eigenvalue weighted by molar-refractivity contribution is 4.89. The Morgan fingerprint density at radius 1 is 1.27 bits per heavy atom. The predicted octanol–water partition coefficient (Wildman–Crippen LogP) is 0.785. The molecule has 2 aliphatic heterocycles. The van der Waals surface area contributed by atoms with E-state index in [2.05, 4.69) is 23.8 Å². The van der Waals surface area contributed by atoms with Crippen LogP contribution in [0.5, 0.6) is 0 Å². The third-order valence-electron chi connectivity index (χ3n) is 3.25. The summed E-state index contributed by atoms with van der Waals surface area (Å²) in [4.78, 5) is 5.15. The topological polar surface area (TPSA) is 6.48 Å². The maximum Gasteiger partial charge on any atom is 0.0224 e. The summed E-state index contributed by atoms with van der Waals surface area (Å²) < 4.78 is 0. The van der Waals surface area contributed by atoms with Crippen molar-refractivity contribution in [1.29, 1.82) is 0 Å². The summed E-state index contributed by atoms with van der Waals surface area (Å²) in [5, 5.41) is 0. The molecule has 0 aromatic heterocycles. The van der Waals surface area contributed by atoms with Gasteiger partial charge in [0.2, 0.25) is 0 Å². The van der Waals surface area contributed by atoms with Crippen molar-refractivity contribution in [2.24, 2.45) is 0 Å². The van der Waals surface area contributed by atoms with Crippen LogP contribution >= 0.6 is 0 Å². The van der Waals surface area contributed by atoms with Crippen LogP contribution in [0.1, 0.15) is 19.8 Å². The molecular weight excluding hydrogens is 136 g/mol. The van der Waals surface area contributed by atoms with Gasteiger partial charge >= 0.3 is 0 Å². The molecule has 0 aromatic rings. The average Bonchev–Trinajstić information content (AvgIpc) is 2.36. The second-order valence-corrected chi connectivity index (χ2v) is 4.08. The zero-order chi connectivity index (χ0) is 7.84. The monoisotopic (exact) mass is 154 g/mol. The normalized spacial score (nSPS) is 40.9. The van der Waals surface area contributed by atoms with Gasteiger partial charge in [0.25, 0.3) is 0 Å². The first-order chi connectivity index (χ1) is 5.27. The summed E-state index contributed by atoms with van der Waals surface area (Å²) in [5.41, 5.74) is 0. The molecule has 2 rings (SSSR count). The van der Waals surface area contributed by atoms with Crippen LogP contribution in [-0.4, -0.2) is 48.6 Å². The standard InChI is InChI=1S/C9H18N2/c1-8-6-11-5-3-4-9(11)7-10(8)2/h8-9H,3-7H2,1-2H3/t8?,9-/m0/s1. The molecule has 2 aliphatic rings. The summed E-state index contributed by atoms with van der Waals surface area (Å²) in [5.74, 6) is 0. The lowest BCUT2D eigenvalue weighted by atomic mass is 10.1. The van der Waals surface area contributed by atoms with E-state index in [1.54, 1.807) is 0 Å². The van der Waals surface area contributed by atoms with Crippen LogP contribution in [0.4, 0.5) is 0 Å². The Morgan fingerprint density at radius 3 is 2.91 bits per heavy atom. The lowest BCUT2D eigenvalue weighted by molar-refractivity contribution is 0.0795. The first-order valence-corrected chi connectivity index (χ1v) is 4.71. The second-order valence-electron chi connectivity index (χ2n) is 4.08. The molecule has 0 radical (unpaired) electrons. The molecule has 0 aromatic carbocycles. The zero-order valence-electron chi connectivity index (χ0n) is 7.58. The zero-order valence-corrected chi connectivity index (χ0v) is 7.58. The second kappa shape index (κ2) is 2.76. The van der Waals surface area contributed by atoms with E-state index in [9.17, 15) is 0 Å². The van der Waals surface area contributed by atoms with Crippen LogP contribution in [0.25, 0.3) is 0 Å². The van der Waals surface area contributed by atoms with Gasteiger partial charge in [-0.3, -0.25) is 4.90 Å². The summed E-state index contributed by atoms with van der Waals surface area (Å²) in [7, 11) is 2.25. The molecule has 2 saturated heterocycles. The van der Waals surface area contributed by atoms with Gasteiger partial charge in [-0.15, -0.1) is 0 Å². The number of nitrogens with zero attached hydrogens (tertiary/aromatic N) is 2. The van der Waals surface area contributed by atoms with Crippen LogP contribution in [-0.2, 0) is 0 Å². The van der Waals surface area contributed by atoms with Gasteiger partial charge in [0.1, 0.15) is 0 Å². The van der Waals surface area contributed by atoms with Gasteiger partial charge in [0.15, 0.2) is 0 Å². The minimum atomic E-state index is 0.768. The first-order valence-electron chi connectivity index (χ1n) is 4.71. The van der Waals surface area contributed by atoms with E-state index in [0.29, 0.717) is 0 Å². The maximum absolute atomic E-state index is 2.66. The number of rotatable bonds is 0. The largest absolute Gasteiger partial charge is 0.301 e. The van der Waals surface area contributed by atoms with Crippen LogP contribution in [0, 0.1) is 0 Å². The van der Waals surface area contributed by atoms with Crippen molar-refractivity contribution in [3.63, 3.8) is 0 Å². The van der Waals surface area contributed by atoms with E-state index in [4.69, 9.17) is 0 Å². The summed E-state index contributed by atoms with van der Waals surface area (Å²) in [6.45, 7) is 6.26. The molecule has 0 amide bonds. The summed E-state index contributed by atoms with van der Waals surface area (Å²) in [6, 6.07) is 1.65. The molecule has 2 atom stereocenters. The van der Waals surface area contributed by atoms with Crippen molar-refractivity contribution in [3.8, 4) is 0 Å². The fraction of sp³-hybridized carbons (Fsp3) is 1.00. The Hall–Kier alpha value is -0.0800. The van der Waals surface area contributed by atoms with Crippen molar-refractivity contribution in [2.75, 3.05) is 26.7 Å². The highest BCUT2D eigenvalue weighted by atomic mass is 15.3. The van der Waals surface area contributed by atoms with Crippen molar-refractivity contribution in [1.82, 2.24) is 9.80 Å². The number of hydrogen-bond donors (Lipinski definition) is 0. The fourth-order valence-electron chi connectivity index (χ4n) is 2.33. The quantitative estimate of drug-likeness (QED) is 0.509. The molecule has 0 spiro atoms. The number of fused-ring (bicyclic) bond motifs is 1. The molecule has 0 bridgehead atoms. The van der Waals surface area contributed by atoms with Crippen LogP contribution in [0.2, 0.25) is 0 Å². The van der Waals surface area contributed by atoms with Gasteiger partial charge in [-0.2, -0.15) is 0 Å². The highest BCUT2D eigenvalue weighted by Crippen LogP contribution is 2.23. The van der Waals surface area contributed by atoms with Crippen molar-refractivity contribution in [3.05, 3.63) is 0 Å². The van der Waals surface area contributed by atoms with Gasteiger partial charge in [0.05, 0.1) is 0 Å². The van der Waals surface area contributed by atoms with Crippen LogP contribution in [0.15, 0.2) is 0 Å². The average molecular weight is 154 g/mol. The van der Waals surface area contributed by atoms with Crippen molar-refractivity contribution < 1.29 is 0 Å². The van der Waals surface area contributed by atoms with E-state index < -0.39 is 0 Å². The molecule has 0 N–H and O–H groups in total. The Balaban J connectivity index is 2.00. The number of piperazine rings is 1. The highest BCUT2D eigenvalue weighted by Gasteiger charge is 2.32. The van der Waals surface area contributed by atoms with E-state index >= 15 is 0 Å². The first kappa shape index (κ1) is 7.56. The Kier molecular flexibility index (Phi) is 1.90. The van der Waals surface area contributed by atoms with Gasteiger partial charge in [-0.1, -0.05) is 0 Å². The van der Waals surface area contributed by atoms with Crippen LogP contribution in [0.3, 0.4) is 0 Å². The minimum Gasteiger partial charge on any atom is -0.301 e. The SMILES string of the molecule is CC1CN2CCC[C@H]2CN1C. The Bertz CT molecular complexity index is 130. The van der Waals surface area contributed by atoms with E-state index in [-0.39, 0.29) is 0 Å². The van der Waals surface area contributed by atoms with Crippen molar-refractivity contribution >= 4 is 0 Å². The summed E-state index contributed by atoms with van der Waals surface area (Å²) in [6.07, 6.45) is 2.85. The maximum atomic E-state index is 2.66. The Morgan fingerprint density at radius 2 is 2.09 bits per heavy atom. The lowest BCUT2D eigenvalue weighted by Crippen LogP contribution is -2.53. The van der Waals surface area contributed by atoms with Gasteiger partial charge in [-0.25, -0.2) is 0 Å².